The standard InChI is InChI=1S/C14H16Cl2N4OS/c1-21-6-5-17-14(22)19-10-7-18-20(8-10)9-11-12(15)3-2-4-13(11)16/h2-4,7-8H,5-6,9H2,1H3,(H2,17,19,22). The van der Waals surface area contributed by atoms with E-state index in [9.17, 15) is 0 Å². The van der Waals surface area contributed by atoms with Crippen LogP contribution < -0.4 is 10.6 Å². The molecule has 118 valence electrons. The first-order chi connectivity index (χ1) is 10.6. The van der Waals surface area contributed by atoms with Crippen molar-refractivity contribution in [2.75, 3.05) is 25.6 Å². The van der Waals surface area contributed by atoms with Gasteiger partial charge in [0.25, 0.3) is 0 Å². The van der Waals surface area contributed by atoms with Gasteiger partial charge in [0.15, 0.2) is 5.11 Å². The summed E-state index contributed by atoms with van der Waals surface area (Å²) in [6.45, 7) is 1.72. The molecular formula is C14H16Cl2N4OS. The number of anilines is 1. The van der Waals surface area contributed by atoms with E-state index in [1.807, 2.05) is 12.3 Å². The second-order valence-electron chi connectivity index (χ2n) is 4.50. The minimum Gasteiger partial charge on any atom is -0.383 e. The quantitative estimate of drug-likeness (QED) is 0.613. The van der Waals surface area contributed by atoms with Gasteiger partial charge in [-0.25, -0.2) is 0 Å². The summed E-state index contributed by atoms with van der Waals surface area (Å²) in [5, 5.41) is 12.1. The summed E-state index contributed by atoms with van der Waals surface area (Å²) in [7, 11) is 1.64. The fourth-order valence-corrected chi connectivity index (χ4v) is 2.54. The summed E-state index contributed by atoms with van der Waals surface area (Å²) in [5.74, 6) is 0. The molecule has 0 amide bonds. The minimum atomic E-state index is 0.490. The molecule has 0 unspecified atom stereocenters. The molecule has 5 nitrogen and oxygen atoms in total. The van der Waals surface area contributed by atoms with Crippen molar-refractivity contribution in [3.63, 3.8) is 0 Å². The van der Waals surface area contributed by atoms with E-state index in [1.54, 1.807) is 30.1 Å². The number of ether oxygens (including phenoxy) is 1. The molecule has 0 atom stereocenters. The lowest BCUT2D eigenvalue weighted by Gasteiger charge is -2.08. The molecule has 0 saturated carbocycles. The van der Waals surface area contributed by atoms with Gasteiger partial charge in [-0.05, 0) is 24.4 Å². The van der Waals surface area contributed by atoms with Gasteiger partial charge in [-0.15, -0.1) is 0 Å². The van der Waals surface area contributed by atoms with Crippen LogP contribution in [-0.4, -0.2) is 35.2 Å². The molecule has 0 aliphatic rings. The Labute approximate surface area is 144 Å². The van der Waals surface area contributed by atoms with Gasteiger partial charge in [-0.2, -0.15) is 5.10 Å². The number of rotatable bonds is 6. The van der Waals surface area contributed by atoms with Crippen molar-refractivity contribution in [1.82, 2.24) is 15.1 Å². The average Bonchev–Trinajstić information content (AvgIpc) is 2.90. The van der Waals surface area contributed by atoms with E-state index in [0.29, 0.717) is 34.9 Å². The zero-order valence-corrected chi connectivity index (χ0v) is 14.3. The van der Waals surface area contributed by atoms with Crippen molar-refractivity contribution in [1.29, 1.82) is 0 Å². The molecule has 0 radical (unpaired) electrons. The lowest BCUT2D eigenvalue weighted by atomic mass is 10.2. The third kappa shape index (κ3) is 4.84. The Balaban J connectivity index is 1.95. The number of benzene rings is 1. The third-order valence-electron chi connectivity index (χ3n) is 2.86. The first-order valence-electron chi connectivity index (χ1n) is 6.59. The summed E-state index contributed by atoms with van der Waals surface area (Å²) in [4.78, 5) is 0. The molecular weight excluding hydrogens is 343 g/mol. The number of nitrogens with zero attached hydrogens (tertiary/aromatic N) is 2. The van der Waals surface area contributed by atoms with Gasteiger partial charge in [0.05, 0.1) is 25.0 Å². The first-order valence-corrected chi connectivity index (χ1v) is 7.75. The minimum absolute atomic E-state index is 0.490. The summed E-state index contributed by atoms with van der Waals surface area (Å²) in [5.41, 5.74) is 1.62. The van der Waals surface area contributed by atoms with Crippen LogP contribution in [0.3, 0.4) is 0 Å². The summed E-state index contributed by atoms with van der Waals surface area (Å²) in [6, 6.07) is 5.43. The summed E-state index contributed by atoms with van der Waals surface area (Å²) >= 11 is 17.5. The molecule has 1 aromatic carbocycles. The molecule has 2 N–H and O–H groups in total. The second-order valence-corrected chi connectivity index (χ2v) is 5.72. The van der Waals surface area contributed by atoms with Crippen LogP contribution in [0.1, 0.15) is 5.56 Å². The smallest absolute Gasteiger partial charge is 0.170 e. The van der Waals surface area contributed by atoms with Crippen LogP contribution in [0.2, 0.25) is 10.0 Å². The van der Waals surface area contributed by atoms with Gasteiger partial charge < -0.3 is 15.4 Å². The number of hydrogen-bond donors (Lipinski definition) is 2. The summed E-state index contributed by atoms with van der Waals surface area (Å²) < 4.78 is 6.69. The predicted octanol–water partition coefficient (Wildman–Crippen LogP) is 3.17. The zero-order valence-electron chi connectivity index (χ0n) is 12.0. The molecule has 0 bridgehead atoms. The Kier molecular flexibility index (Phi) is 6.45. The topological polar surface area (TPSA) is 51.1 Å². The van der Waals surface area contributed by atoms with Crippen LogP contribution in [0.5, 0.6) is 0 Å². The monoisotopic (exact) mass is 358 g/mol. The summed E-state index contributed by atoms with van der Waals surface area (Å²) in [6.07, 6.45) is 3.53. The SMILES string of the molecule is COCCNC(=S)Nc1cnn(Cc2c(Cl)cccc2Cl)c1. The maximum atomic E-state index is 6.16. The van der Waals surface area contributed by atoms with E-state index < -0.39 is 0 Å². The van der Waals surface area contributed by atoms with E-state index in [2.05, 4.69) is 15.7 Å². The van der Waals surface area contributed by atoms with E-state index in [1.165, 1.54) is 0 Å². The van der Waals surface area contributed by atoms with Crippen LogP contribution in [-0.2, 0) is 11.3 Å². The van der Waals surface area contributed by atoms with E-state index in [-0.39, 0.29) is 0 Å². The van der Waals surface area contributed by atoms with Crippen LogP contribution in [0.4, 0.5) is 5.69 Å². The number of thiocarbonyl (C=S) groups is 1. The maximum Gasteiger partial charge on any atom is 0.170 e. The van der Waals surface area contributed by atoms with Gasteiger partial charge >= 0.3 is 0 Å². The highest BCUT2D eigenvalue weighted by Gasteiger charge is 2.08. The maximum absolute atomic E-state index is 6.16. The molecule has 22 heavy (non-hydrogen) atoms. The Morgan fingerprint density at radius 2 is 2.09 bits per heavy atom. The fraction of sp³-hybridized carbons (Fsp3) is 0.286. The number of nitrogens with one attached hydrogen (secondary N) is 2. The number of halogens is 2. The fourth-order valence-electron chi connectivity index (χ4n) is 1.80. The number of methoxy groups -OCH3 is 1. The van der Waals surface area contributed by atoms with Crippen molar-refractivity contribution < 1.29 is 4.74 Å². The van der Waals surface area contributed by atoms with Gasteiger partial charge in [0.2, 0.25) is 0 Å². The van der Waals surface area contributed by atoms with Crippen LogP contribution >= 0.6 is 35.4 Å². The molecule has 1 aromatic heterocycles. The lowest BCUT2D eigenvalue weighted by Crippen LogP contribution is -2.30. The van der Waals surface area contributed by atoms with E-state index in [4.69, 9.17) is 40.2 Å². The molecule has 2 aromatic rings. The molecule has 8 heteroatoms. The normalized spacial score (nSPS) is 10.5. The van der Waals surface area contributed by atoms with Crippen LogP contribution in [0.25, 0.3) is 0 Å². The Hall–Kier alpha value is -1.34. The number of hydrogen-bond acceptors (Lipinski definition) is 3. The van der Waals surface area contributed by atoms with Crippen molar-refractivity contribution in [2.24, 2.45) is 0 Å². The van der Waals surface area contributed by atoms with Crippen LogP contribution in [0.15, 0.2) is 30.6 Å². The van der Waals surface area contributed by atoms with E-state index in [0.717, 1.165) is 11.3 Å². The molecule has 1 heterocycles. The highest BCUT2D eigenvalue weighted by molar-refractivity contribution is 7.80. The lowest BCUT2D eigenvalue weighted by molar-refractivity contribution is 0.204. The predicted molar refractivity (Wildman–Crippen MR) is 93.9 cm³/mol. The molecule has 0 fully saturated rings. The van der Waals surface area contributed by atoms with Crippen molar-refractivity contribution in [3.8, 4) is 0 Å². The largest absolute Gasteiger partial charge is 0.383 e. The van der Waals surface area contributed by atoms with Crippen molar-refractivity contribution >= 4 is 46.2 Å². The molecule has 0 saturated heterocycles. The average molecular weight is 359 g/mol. The van der Waals surface area contributed by atoms with Gasteiger partial charge in [0, 0.05) is 35.5 Å². The molecule has 0 aliphatic carbocycles. The Morgan fingerprint density at radius 1 is 1.36 bits per heavy atom. The number of aromatic nitrogens is 2. The molecule has 2 rings (SSSR count). The van der Waals surface area contributed by atoms with Gasteiger partial charge in [-0.3, -0.25) is 4.68 Å². The van der Waals surface area contributed by atoms with Crippen molar-refractivity contribution in [2.45, 2.75) is 6.54 Å². The first kappa shape index (κ1) is 17.0. The van der Waals surface area contributed by atoms with E-state index >= 15 is 0 Å². The van der Waals surface area contributed by atoms with Gasteiger partial charge in [-0.1, -0.05) is 29.3 Å². The Bertz CT molecular complexity index is 627. The van der Waals surface area contributed by atoms with Crippen molar-refractivity contribution in [3.05, 3.63) is 46.2 Å². The molecule has 0 aliphatic heterocycles. The van der Waals surface area contributed by atoms with Crippen LogP contribution in [0, 0.1) is 0 Å². The highest BCUT2D eigenvalue weighted by atomic mass is 35.5. The third-order valence-corrected chi connectivity index (χ3v) is 3.82. The molecule has 0 spiro atoms. The Morgan fingerprint density at radius 3 is 2.77 bits per heavy atom. The second kappa shape index (κ2) is 8.33. The zero-order chi connectivity index (χ0) is 15.9. The highest BCUT2D eigenvalue weighted by Crippen LogP contribution is 2.25. The van der Waals surface area contributed by atoms with Gasteiger partial charge in [0.1, 0.15) is 0 Å².